The Kier molecular flexibility index (Phi) is 7.58. The molecule has 13 rings (SSSR count). The molecule has 3 heterocycles. The second-order valence-corrected chi connectivity index (χ2v) is 17.2. The van der Waals surface area contributed by atoms with E-state index in [2.05, 4.69) is 187 Å². The van der Waals surface area contributed by atoms with E-state index in [0.29, 0.717) is 17.5 Å². The van der Waals surface area contributed by atoms with Crippen molar-refractivity contribution in [2.24, 2.45) is 0 Å². The van der Waals surface area contributed by atoms with Gasteiger partial charge in [0.2, 0.25) is 0 Å². The summed E-state index contributed by atoms with van der Waals surface area (Å²) in [6.07, 6.45) is 0. The number of benzene rings is 9. The van der Waals surface area contributed by atoms with Crippen molar-refractivity contribution in [3.8, 4) is 56.7 Å². The maximum absolute atomic E-state index is 5.07. The average molecular weight is 806 g/mol. The number of rotatable bonds is 5. The molecule has 5 nitrogen and oxygen atoms in total. The minimum absolute atomic E-state index is 0.160. The van der Waals surface area contributed by atoms with Crippen molar-refractivity contribution in [3.63, 3.8) is 0 Å². The normalized spacial score (nSPS) is 13.0. The Morgan fingerprint density at radius 2 is 0.889 bits per heavy atom. The zero-order valence-corrected chi connectivity index (χ0v) is 34.8. The van der Waals surface area contributed by atoms with Gasteiger partial charge in [-0.05, 0) is 64.5 Å². The lowest BCUT2D eigenvalue weighted by molar-refractivity contribution is 0.661. The van der Waals surface area contributed by atoms with Crippen LogP contribution < -0.4 is 0 Å². The van der Waals surface area contributed by atoms with Gasteiger partial charge in [-0.2, -0.15) is 0 Å². The fraction of sp³-hybridized carbons (Fsp3) is 0.0517. The molecule has 63 heavy (non-hydrogen) atoms. The molecule has 0 unspecified atom stereocenters. The van der Waals surface area contributed by atoms with Crippen LogP contribution in [0, 0.1) is 0 Å². The summed E-state index contributed by atoms with van der Waals surface area (Å²) >= 11 is 0. The first-order valence-electron chi connectivity index (χ1n) is 21.6. The van der Waals surface area contributed by atoms with Crippen molar-refractivity contribution in [1.29, 1.82) is 0 Å². The monoisotopic (exact) mass is 805 g/mol. The number of aromatic nitrogens is 5. The minimum Gasteiger partial charge on any atom is -0.309 e. The number of hydrogen-bond acceptors (Lipinski definition) is 3. The van der Waals surface area contributed by atoms with Gasteiger partial charge in [-0.1, -0.05) is 172 Å². The van der Waals surface area contributed by atoms with E-state index >= 15 is 0 Å². The van der Waals surface area contributed by atoms with Crippen LogP contribution in [0.15, 0.2) is 200 Å². The Morgan fingerprint density at radius 3 is 1.51 bits per heavy atom. The second kappa shape index (κ2) is 13.4. The van der Waals surface area contributed by atoms with Crippen LogP contribution in [0.5, 0.6) is 0 Å². The molecule has 0 aliphatic heterocycles. The van der Waals surface area contributed by atoms with Crippen molar-refractivity contribution in [1.82, 2.24) is 24.1 Å². The van der Waals surface area contributed by atoms with Crippen LogP contribution in [0.2, 0.25) is 0 Å². The van der Waals surface area contributed by atoms with Crippen molar-refractivity contribution >= 4 is 54.4 Å². The Balaban J connectivity index is 1.11. The van der Waals surface area contributed by atoms with Crippen molar-refractivity contribution < 1.29 is 0 Å². The van der Waals surface area contributed by atoms with Gasteiger partial charge in [0.1, 0.15) is 0 Å². The predicted octanol–water partition coefficient (Wildman–Crippen LogP) is 14.5. The van der Waals surface area contributed by atoms with E-state index in [4.69, 9.17) is 15.0 Å². The number of nitrogens with zero attached hydrogens (tertiary/aromatic N) is 5. The lowest BCUT2D eigenvalue weighted by atomic mass is 9.82. The fourth-order valence-corrected chi connectivity index (χ4v) is 10.5. The molecule has 0 saturated carbocycles. The molecule has 0 radical (unpaired) electrons. The third-order valence-corrected chi connectivity index (χ3v) is 13.4. The summed E-state index contributed by atoms with van der Waals surface area (Å²) in [5.74, 6) is 1.92. The quantitative estimate of drug-likeness (QED) is 0.174. The largest absolute Gasteiger partial charge is 0.309 e. The molecule has 0 saturated heterocycles. The molecule has 9 aromatic carbocycles. The van der Waals surface area contributed by atoms with E-state index in [0.717, 1.165) is 33.6 Å². The van der Waals surface area contributed by atoms with Crippen LogP contribution in [0.4, 0.5) is 0 Å². The summed E-state index contributed by atoms with van der Waals surface area (Å²) in [5.41, 5.74) is 14.9. The average Bonchev–Trinajstić information content (AvgIpc) is 3.95. The smallest absolute Gasteiger partial charge is 0.164 e. The molecule has 0 bridgehead atoms. The third-order valence-electron chi connectivity index (χ3n) is 13.4. The number of para-hydroxylation sites is 2. The van der Waals surface area contributed by atoms with Crippen molar-refractivity contribution in [2.75, 3.05) is 0 Å². The first-order valence-corrected chi connectivity index (χ1v) is 21.6. The summed E-state index contributed by atoms with van der Waals surface area (Å²) in [6, 6.07) is 71.8. The third kappa shape index (κ3) is 5.20. The van der Waals surface area contributed by atoms with Gasteiger partial charge in [-0.25, -0.2) is 15.0 Å². The summed E-state index contributed by atoms with van der Waals surface area (Å²) in [6.45, 7) is 4.73. The van der Waals surface area contributed by atoms with Crippen LogP contribution in [0.1, 0.15) is 25.0 Å². The lowest BCUT2D eigenvalue weighted by Crippen LogP contribution is -2.14. The van der Waals surface area contributed by atoms with Gasteiger partial charge in [0.15, 0.2) is 17.5 Å². The Hall–Kier alpha value is -8.15. The molecule has 3 aromatic heterocycles. The van der Waals surface area contributed by atoms with E-state index in [1.807, 2.05) is 36.4 Å². The summed E-state index contributed by atoms with van der Waals surface area (Å²) in [5, 5.41) is 7.41. The number of hydrogen-bond donors (Lipinski definition) is 0. The fourth-order valence-electron chi connectivity index (χ4n) is 10.5. The molecule has 5 heteroatoms. The molecule has 296 valence electrons. The van der Waals surface area contributed by atoms with Crippen LogP contribution in [0.3, 0.4) is 0 Å². The Bertz CT molecular complexity index is 3690. The van der Waals surface area contributed by atoms with E-state index in [1.165, 1.54) is 71.1 Å². The van der Waals surface area contributed by atoms with Gasteiger partial charge in [0.25, 0.3) is 0 Å². The molecule has 0 amide bonds. The van der Waals surface area contributed by atoms with E-state index in [1.54, 1.807) is 0 Å². The first kappa shape index (κ1) is 35.6. The highest BCUT2D eigenvalue weighted by Crippen LogP contribution is 2.54. The molecule has 12 aromatic rings. The Morgan fingerprint density at radius 1 is 0.381 bits per heavy atom. The molecule has 1 aliphatic rings. The van der Waals surface area contributed by atoms with Gasteiger partial charge >= 0.3 is 0 Å². The van der Waals surface area contributed by atoms with E-state index in [-0.39, 0.29) is 5.41 Å². The van der Waals surface area contributed by atoms with Gasteiger partial charge in [0.05, 0.1) is 27.8 Å². The molecular formula is C58H39N5. The zero-order valence-electron chi connectivity index (χ0n) is 34.8. The highest BCUT2D eigenvalue weighted by Gasteiger charge is 2.38. The molecule has 0 N–H and O–H groups in total. The highest BCUT2D eigenvalue weighted by molar-refractivity contribution is 6.26. The van der Waals surface area contributed by atoms with Crippen LogP contribution in [0.25, 0.3) is 111 Å². The van der Waals surface area contributed by atoms with Gasteiger partial charge in [0, 0.05) is 60.3 Å². The minimum atomic E-state index is -0.160. The standard InChI is InChI=1S/C58H39N5/c1-58(2)46-26-14-11-25-44(46)53-47(58)34-33-45-52-43-24-10-9-23-42(43)50(63-48-27-15-12-21-40(48)41-22-13-16-28-49(41)63)35-51(52)62(54(45)53)39-31-29-38(30-32-39)57-60-55(36-17-5-3-6-18-36)59-56(61-57)37-19-7-4-8-20-37/h3-35H,1-2H3. The van der Waals surface area contributed by atoms with Gasteiger partial charge in [-0.15, -0.1) is 0 Å². The predicted molar refractivity (Wildman–Crippen MR) is 260 cm³/mol. The first-order chi connectivity index (χ1) is 31.0. The van der Waals surface area contributed by atoms with Crippen molar-refractivity contribution in [3.05, 3.63) is 211 Å². The Labute approximate surface area is 364 Å². The van der Waals surface area contributed by atoms with Crippen molar-refractivity contribution in [2.45, 2.75) is 19.3 Å². The molecule has 0 fully saturated rings. The number of fused-ring (bicyclic) bond motifs is 12. The lowest BCUT2D eigenvalue weighted by Gasteiger charge is -2.21. The van der Waals surface area contributed by atoms with Crippen LogP contribution >= 0.6 is 0 Å². The van der Waals surface area contributed by atoms with E-state index < -0.39 is 0 Å². The van der Waals surface area contributed by atoms with Crippen LogP contribution in [-0.4, -0.2) is 24.1 Å². The molecule has 1 aliphatic carbocycles. The molecule has 0 atom stereocenters. The molecule has 0 spiro atoms. The summed E-state index contributed by atoms with van der Waals surface area (Å²) in [4.78, 5) is 15.1. The highest BCUT2D eigenvalue weighted by atomic mass is 15.0. The molecular weight excluding hydrogens is 767 g/mol. The summed E-state index contributed by atoms with van der Waals surface area (Å²) < 4.78 is 4.99. The summed E-state index contributed by atoms with van der Waals surface area (Å²) in [7, 11) is 0. The van der Waals surface area contributed by atoms with E-state index in [9.17, 15) is 0 Å². The van der Waals surface area contributed by atoms with Crippen LogP contribution in [-0.2, 0) is 5.41 Å². The maximum atomic E-state index is 5.07. The topological polar surface area (TPSA) is 48.5 Å². The SMILES string of the molecule is CC1(C)c2ccccc2-c2c1ccc1c3c4ccccc4c(-n4c5ccccc5c5ccccc54)cc3n(-c3ccc(-c4nc(-c5ccccc5)nc(-c5ccccc5)n4)cc3)c21. The second-order valence-electron chi connectivity index (χ2n) is 17.2. The zero-order chi connectivity index (χ0) is 41.8. The van der Waals surface area contributed by atoms with Gasteiger partial charge in [-0.3, -0.25) is 0 Å². The maximum Gasteiger partial charge on any atom is 0.164 e. The van der Waals surface area contributed by atoms with Gasteiger partial charge < -0.3 is 9.13 Å².